The van der Waals surface area contributed by atoms with E-state index in [1.165, 1.54) is 18.4 Å². The van der Waals surface area contributed by atoms with Crippen molar-refractivity contribution in [2.75, 3.05) is 6.54 Å². The minimum atomic E-state index is 0.618. The van der Waals surface area contributed by atoms with E-state index in [1.807, 2.05) is 18.2 Å². The molecule has 3 heteroatoms. The van der Waals surface area contributed by atoms with E-state index >= 15 is 0 Å². The van der Waals surface area contributed by atoms with Crippen LogP contribution in [-0.4, -0.2) is 17.2 Å². The van der Waals surface area contributed by atoms with Crippen LogP contribution in [0.1, 0.15) is 32.3 Å². The SMILES string of the molecule is CCC(CC)NCCn1ccc2cc(C#N)ccc21. The molecule has 0 saturated carbocycles. The molecule has 0 saturated heterocycles. The van der Waals surface area contributed by atoms with Crippen molar-refractivity contribution in [1.29, 1.82) is 5.26 Å². The Labute approximate surface area is 114 Å². The summed E-state index contributed by atoms with van der Waals surface area (Å²) in [5, 5.41) is 13.6. The van der Waals surface area contributed by atoms with Crippen molar-refractivity contribution in [3.8, 4) is 6.07 Å². The lowest BCUT2D eigenvalue weighted by Gasteiger charge is -2.15. The summed E-state index contributed by atoms with van der Waals surface area (Å²) < 4.78 is 2.24. The largest absolute Gasteiger partial charge is 0.346 e. The smallest absolute Gasteiger partial charge is 0.0991 e. The maximum Gasteiger partial charge on any atom is 0.0991 e. The van der Waals surface area contributed by atoms with E-state index in [4.69, 9.17) is 5.26 Å². The van der Waals surface area contributed by atoms with Gasteiger partial charge >= 0.3 is 0 Å². The van der Waals surface area contributed by atoms with Gasteiger partial charge in [-0.1, -0.05) is 13.8 Å². The Hall–Kier alpha value is -1.79. The van der Waals surface area contributed by atoms with Crippen LogP contribution in [-0.2, 0) is 6.54 Å². The average molecular weight is 255 g/mol. The summed E-state index contributed by atoms with van der Waals surface area (Å²) in [5.41, 5.74) is 1.92. The Morgan fingerprint density at radius 1 is 1.26 bits per heavy atom. The Bertz CT molecular complexity index is 573. The summed E-state index contributed by atoms with van der Waals surface area (Å²) in [7, 11) is 0. The first-order valence-corrected chi connectivity index (χ1v) is 7.00. The molecule has 0 atom stereocenters. The quantitative estimate of drug-likeness (QED) is 0.860. The van der Waals surface area contributed by atoms with Crippen LogP contribution in [0.25, 0.3) is 10.9 Å². The molecule has 1 aromatic carbocycles. The molecule has 3 nitrogen and oxygen atoms in total. The average Bonchev–Trinajstić information content (AvgIpc) is 2.86. The third-order valence-corrected chi connectivity index (χ3v) is 3.67. The molecule has 100 valence electrons. The van der Waals surface area contributed by atoms with E-state index in [2.05, 4.69) is 42.1 Å². The second-order valence-corrected chi connectivity index (χ2v) is 4.86. The molecule has 0 bridgehead atoms. The zero-order valence-electron chi connectivity index (χ0n) is 11.7. The maximum atomic E-state index is 8.89. The van der Waals surface area contributed by atoms with E-state index < -0.39 is 0 Å². The number of aromatic nitrogens is 1. The summed E-state index contributed by atoms with van der Waals surface area (Å²) in [5.74, 6) is 0. The first-order valence-electron chi connectivity index (χ1n) is 7.00. The van der Waals surface area contributed by atoms with Crippen LogP contribution in [0.15, 0.2) is 30.5 Å². The van der Waals surface area contributed by atoms with Crippen molar-refractivity contribution in [3.05, 3.63) is 36.0 Å². The lowest BCUT2D eigenvalue weighted by atomic mass is 10.2. The molecule has 0 spiro atoms. The molecule has 19 heavy (non-hydrogen) atoms. The van der Waals surface area contributed by atoms with Crippen molar-refractivity contribution in [1.82, 2.24) is 9.88 Å². The predicted octanol–water partition coefficient (Wildman–Crippen LogP) is 3.29. The van der Waals surface area contributed by atoms with Gasteiger partial charge in [-0.25, -0.2) is 0 Å². The van der Waals surface area contributed by atoms with Gasteiger partial charge in [0.15, 0.2) is 0 Å². The number of rotatable bonds is 6. The van der Waals surface area contributed by atoms with Gasteiger partial charge in [-0.05, 0) is 37.1 Å². The number of nitriles is 1. The van der Waals surface area contributed by atoms with E-state index in [1.54, 1.807) is 0 Å². The van der Waals surface area contributed by atoms with Crippen molar-refractivity contribution < 1.29 is 0 Å². The first kappa shape index (κ1) is 13.6. The van der Waals surface area contributed by atoms with Gasteiger partial charge in [-0.3, -0.25) is 0 Å². The molecule has 1 N–H and O–H groups in total. The highest BCUT2D eigenvalue weighted by Gasteiger charge is 2.04. The second kappa shape index (κ2) is 6.40. The van der Waals surface area contributed by atoms with Gasteiger partial charge in [-0.2, -0.15) is 5.26 Å². The number of hydrogen-bond donors (Lipinski definition) is 1. The van der Waals surface area contributed by atoms with Gasteiger partial charge in [0.2, 0.25) is 0 Å². The zero-order valence-corrected chi connectivity index (χ0v) is 11.7. The molecule has 0 aliphatic rings. The van der Waals surface area contributed by atoms with Gasteiger partial charge in [0.1, 0.15) is 0 Å². The number of benzene rings is 1. The minimum Gasteiger partial charge on any atom is -0.346 e. The second-order valence-electron chi connectivity index (χ2n) is 4.86. The highest BCUT2D eigenvalue weighted by atomic mass is 15.0. The third kappa shape index (κ3) is 3.15. The Balaban J connectivity index is 2.04. The number of hydrogen-bond acceptors (Lipinski definition) is 2. The van der Waals surface area contributed by atoms with Crippen LogP contribution in [0.5, 0.6) is 0 Å². The zero-order chi connectivity index (χ0) is 13.7. The van der Waals surface area contributed by atoms with Gasteiger partial charge in [-0.15, -0.1) is 0 Å². The fraction of sp³-hybridized carbons (Fsp3) is 0.438. The van der Waals surface area contributed by atoms with E-state index in [0.717, 1.165) is 24.0 Å². The van der Waals surface area contributed by atoms with Crippen molar-refractivity contribution in [2.24, 2.45) is 0 Å². The van der Waals surface area contributed by atoms with Crippen molar-refractivity contribution in [3.63, 3.8) is 0 Å². The maximum absolute atomic E-state index is 8.89. The Morgan fingerprint density at radius 3 is 2.74 bits per heavy atom. The molecular formula is C16H21N3. The molecule has 0 radical (unpaired) electrons. The number of nitrogens with one attached hydrogen (secondary N) is 1. The molecule has 2 rings (SSSR count). The van der Waals surface area contributed by atoms with Gasteiger partial charge < -0.3 is 9.88 Å². The highest BCUT2D eigenvalue weighted by molar-refractivity contribution is 5.81. The standard InChI is InChI=1S/C16H21N3/c1-3-15(4-2)18-8-10-19-9-7-14-11-13(12-17)5-6-16(14)19/h5-7,9,11,15,18H,3-4,8,10H2,1-2H3. The molecule has 2 aromatic rings. The molecule has 0 unspecified atom stereocenters. The Kier molecular flexibility index (Phi) is 4.59. The normalized spacial score (nSPS) is 11.1. The van der Waals surface area contributed by atoms with E-state index in [0.29, 0.717) is 6.04 Å². The first-order chi connectivity index (χ1) is 9.28. The van der Waals surface area contributed by atoms with Crippen LogP contribution in [0.2, 0.25) is 0 Å². The van der Waals surface area contributed by atoms with Crippen LogP contribution >= 0.6 is 0 Å². The number of nitrogens with zero attached hydrogens (tertiary/aromatic N) is 2. The van der Waals surface area contributed by atoms with Gasteiger partial charge in [0.05, 0.1) is 11.6 Å². The summed E-state index contributed by atoms with van der Waals surface area (Å²) >= 11 is 0. The summed E-state index contributed by atoms with van der Waals surface area (Å²) in [6.45, 7) is 6.38. The highest BCUT2D eigenvalue weighted by Crippen LogP contribution is 2.17. The molecule has 1 heterocycles. The fourth-order valence-corrected chi connectivity index (χ4v) is 2.43. The predicted molar refractivity (Wildman–Crippen MR) is 79.0 cm³/mol. The molecule has 0 aliphatic carbocycles. The monoisotopic (exact) mass is 255 g/mol. The van der Waals surface area contributed by atoms with Crippen LogP contribution in [0, 0.1) is 11.3 Å². The lowest BCUT2D eigenvalue weighted by Crippen LogP contribution is -2.30. The molecular weight excluding hydrogens is 234 g/mol. The number of fused-ring (bicyclic) bond motifs is 1. The van der Waals surface area contributed by atoms with Crippen LogP contribution in [0.3, 0.4) is 0 Å². The van der Waals surface area contributed by atoms with Crippen LogP contribution in [0.4, 0.5) is 0 Å². The topological polar surface area (TPSA) is 40.8 Å². The third-order valence-electron chi connectivity index (χ3n) is 3.67. The van der Waals surface area contributed by atoms with Gasteiger partial charge in [0.25, 0.3) is 0 Å². The molecule has 0 fully saturated rings. The van der Waals surface area contributed by atoms with Crippen molar-refractivity contribution in [2.45, 2.75) is 39.3 Å². The summed E-state index contributed by atoms with van der Waals surface area (Å²) in [6.07, 6.45) is 4.45. The molecule has 1 aromatic heterocycles. The molecule has 0 aliphatic heterocycles. The fourth-order valence-electron chi connectivity index (χ4n) is 2.43. The summed E-state index contributed by atoms with van der Waals surface area (Å²) in [6, 6.07) is 10.7. The van der Waals surface area contributed by atoms with E-state index in [-0.39, 0.29) is 0 Å². The van der Waals surface area contributed by atoms with E-state index in [9.17, 15) is 0 Å². The Morgan fingerprint density at radius 2 is 2.05 bits per heavy atom. The minimum absolute atomic E-state index is 0.618. The summed E-state index contributed by atoms with van der Waals surface area (Å²) in [4.78, 5) is 0. The lowest BCUT2D eigenvalue weighted by molar-refractivity contribution is 0.468. The van der Waals surface area contributed by atoms with Crippen LogP contribution < -0.4 is 5.32 Å². The van der Waals surface area contributed by atoms with Gasteiger partial charge in [0, 0.05) is 36.2 Å². The van der Waals surface area contributed by atoms with Crippen molar-refractivity contribution >= 4 is 10.9 Å². The molecule has 0 amide bonds.